The van der Waals surface area contributed by atoms with Gasteiger partial charge in [0.1, 0.15) is 0 Å². The number of carboxylic acids is 1. The number of amides is 1. The lowest BCUT2D eigenvalue weighted by Gasteiger charge is -2.35. The lowest BCUT2D eigenvalue weighted by atomic mass is 9.87. The summed E-state index contributed by atoms with van der Waals surface area (Å²) >= 11 is 0. The molecule has 1 aromatic rings. The standard InChI is InChI=1S/C17H21NO4/c1-11-9-18(7-6-13(11)17(20)21)16(19)8-15-14-5-3-2-4-12(14)10-22-15/h2-5,11,13,15H,6-10H2,1H3,(H,20,21). The number of carbonyl (C=O) groups excluding carboxylic acids is 1. The molecule has 1 amide bonds. The number of rotatable bonds is 3. The summed E-state index contributed by atoms with van der Waals surface area (Å²) in [5, 5.41) is 9.15. The van der Waals surface area contributed by atoms with Crippen LogP contribution in [0.25, 0.3) is 0 Å². The highest BCUT2D eigenvalue weighted by Crippen LogP contribution is 2.34. The van der Waals surface area contributed by atoms with Crippen molar-refractivity contribution < 1.29 is 19.4 Å². The second kappa shape index (κ2) is 6.08. The van der Waals surface area contributed by atoms with Crippen LogP contribution in [-0.2, 0) is 20.9 Å². The molecule has 2 aliphatic rings. The van der Waals surface area contributed by atoms with Crippen LogP contribution in [0.3, 0.4) is 0 Å². The Morgan fingerprint density at radius 3 is 2.86 bits per heavy atom. The van der Waals surface area contributed by atoms with Gasteiger partial charge in [-0.15, -0.1) is 0 Å². The highest BCUT2D eigenvalue weighted by atomic mass is 16.5. The number of piperidine rings is 1. The smallest absolute Gasteiger partial charge is 0.306 e. The number of nitrogens with zero attached hydrogens (tertiary/aromatic N) is 1. The first-order valence-corrected chi connectivity index (χ1v) is 7.76. The van der Waals surface area contributed by atoms with Crippen LogP contribution in [0.15, 0.2) is 24.3 Å². The molecule has 1 N–H and O–H groups in total. The molecule has 0 saturated carbocycles. The SMILES string of the molecule is CC1CN(C(=O)CC2OCc3ccccc32)CCC1C(=O)O. The van der Waals surface area contributed by atoms with Gasteiger partial charge in [0.25, 0.3) is 0 Å². The molecule has 5 heteroatoms. The minimum Gasteiger partial charge on any atom is -0.481 e. The van der Waals surface area contributed by atoms with Crippen LogP contribution in [0.5, 0.6) is 0 Å². The van der Waals surface area contributed by atoms with Gasteiger partial charge in [-0.2, -0.15) is 0 Å². The number of carbonyl (C=O) groups is 2. The fraction of sp³-hybridized carbons (Fsp3) is 0.529. The van der Waals surface area contributed by atoms with Crippen molar-refractivity contribution in [2.24, 2.45) is 11.8 Å². The largest absolute Gasteiger partial charge is 0.481 e. The lowest BCUT2D eigenvalue weighted by Crippen LogP contribution is -2.45. The van der Waals surface area contributed by atoms with Gasteiger partial charge in [-0.3, -0.25) is 9.59 Å². The molecular formula is C17H21NO4. The normalized spacial score (nSPS) is 27.5. The monoisotopic (exact) mass is 303 g/mol. The van der Waals surface area contributed by atoms with Crippen LogP contribution < -0.4 is 0 Å². The van der Waals surface area contributed by atoms with Crippen molar-refractivity contribution in [1.29, 1.82) is 0 Å². The summed E-state index contributed by atoms with van der Waals surface area (Å²) in [6.45, 7) is 3.50. The van der Waals surface area contributed by atoms with E-state index in [0.717, 1.165) is 11.1 Å². The zero-order valence-electron chi connectivity index (χ0n) is 12.7. The van der Waals surface area contributed by atoms with E-state index in [-0.39, 0.29) is 23.8 Å². The van der Waals surface area contributed by atoms with Crippen LogP contribution in [0.4, 0.5) is 0 Å². The molecule has 0 bridgehead atoms. The summed E-state index contributed by atoms with van der Waals surface area (Å²) in [6.07, 6.45) is 0.697. The zero-order valence-corrected chi connectivity index (χ0v) is 12.7. The third kappa shape index (κ3) is 2.86. The van der Waals surface area contributed by atoms with Crippen molar-refractivity contribution in [1.82, 2.24) is 4.90 Å². The van der Waals surface area contributed by atoms with Crippen LogP contribution in [0, 0.1) is 11.8 Å². The molecule has 3 unspecified atom stereocenters. The number of hydrogen-bond donors (Lipinski definition) is 1. The number of aliphatic carboxylic acids is 1. The Kier molecular flexibility index (Phi) is 4.16. The fourth-order valence-corrected chi connectivity index (χ4v) is 3.46. The van der Waals surface area contributed by atoms with E-state index in [1.807, 2.05) is 31.2 Å². The minimum absolute atomic E-state index is 0.00742. The second-order valence-electron chi connectivity index (χ2n) is 6.25. The number of fused-ring (bicyclic) bond motifs is 1. The molecule has 3 atom stereocenters. The summed E-state index contributed by atoms with van der Waals surface area (Å²) in [7, 11) is 0. The van der Waals surface area contributed by atoms with Crippen molar-refractivity contribution in [3.05, 3.63) is 35.4 Å². The van der Waals surface area contributed by atoms with Gasteiger partial charge in [-0.1, -0.05) is 31.2 Å². The van der Waals surface area contributed by atoms with Gasteiger partial charge in [-0.25, -0.2) is 0 Å². The maximum atomic E-state index is 12.5. The number of benzene rings is 1. The summed E-state index contributed by atoms with van der Waals surface area (Å²) in [6, 6.07) is 7.98. The summed E-state index contributed by atoms with van der Waals surface area (Å²) < 4.78 is 5.73. The van der Waals surface area contributed by atoms with Gasteiger partial charge < -0.3 is 14.7 Å². The Bertz CT molecular complexity index is 586. The van der Waals surface area contributed by atoms with Crippen molar-refractivity contribution >= 4 is 11.9 Å². The fourth-order valence-electron chi connectivity index (χ4n) is 3.46. The van der Waals surface area contributed by atoms with E-state index in [1.165, 1.54) is 0 Å². The van der Waals surface area contributed by atoms with E-state index in [1.54, 1.807) is 4.90 Å². The van der Waals surface area contributed by atoms with Crippen molar-refractivity contribution in [3.8, 4) is 0 Å². The van der Waals surface area contributed by atoms with Crippen LogP contribution in [0.2, 0.25) is 0 Å². The molecule has 1 fully saturated rings. The third-order valence-corrected chi connectivity index (χ3v) is 4.78. The summed E-state index contributed by atoms with van der Waals surface area (Å²) in [5.41, 5.74) is 2.25. The summed E-state index contributed by atoms with van der Waals surface area (Å²) in [4.78, 5) is 25.4. The van der Waals surface area contributed by atoms with Crippen LogP contribution >= 0.6 is 0 Å². The first kappa shape index (κ1) is 15.0. The number of hydrogen-bond acceptors (Lipinski definition) is 3. The average Bonchev–Trinajstić information content (AvgIpc) is 2.90. The van der Waals surface area contributed by atoms with Crippen molar-refractivity contribution in [3.63, 3.8) is 0 Å². The summed E-state index contributed by atoms with van der Waals surface area (Å²) in [5.74, 6) is -1.05. The van der Waals surface area contributed by atoms with Gasteiger partial charge in [-0.05, 0) is 23.5 Å². The quantitative estimate of drug-likeness (QED) is 0.929. The Morgan fingerprint density at radius 2 is 2.14 bits per heavy atom. The molecular weight excluding hydrogens is 282 g/mol. The van der Waals surface area contributed by atoms with E-state index in [0.29, 0.717) is 32.5 Å². The Morgan fingerprint density at radius 1 is 1.36 bits per heavy atom. The van der Waals surface area contributed by atoms with Gasteiger partial charge >= 0.3 is 5.97 Å². The molecule has 5 nitrogen and oxygen atoms in total. The maximum absolute atomic E-state index is 12.5. The van der Waals surface area contributed by atoms with Crippen molar-refractivity contribution in [2.45, 2.75) is 32.5 Å². The van der Waals surface area contributed by atoms with E-state index in [2.05, 4.69) is 0 Å². The third-order valence-electron chi connectivity index (χ3n) is 4.78. The molecule has 0 aliphatic carbocycles. The highest BCUT2D eigenvalue weighted by Gasteiger charge is 2.34. The van der Waals surface area contributed by atoms with Gasteiger partial charge in [0.15, 0.2) is 0 Å². The Labute approximate surface area is 129 Å². The first-order chi connectivity index (χ1) is 10.6. The van der Waals surface area contributed by atoms with Crippen LogP contribution in [0.1, 0.15) is 37.0 Å². The average molecular weight is 303 g/mol. The molecule has 3 rings (SSSR count). The first-order valence-electron chi connectivity index (χ1n) is 7.76. The Hall–Kier alpha value is -1.88. The highest BCUT2D eigenvalue weighted by molar-refractivity contribution is 5.78. The molecule has 118 valence electrons. The van der Waals surface area contributed by atoms with Crippen molar-refractivity contribution in [2.75, 3.05) is 13.1 Å². The molecule has 0 radical (unpaired) electrons. The minimum atomic E-state index is -0.757. The molecule has 22 heavy (non-hydrogen) atoms. The molecule has 1 saturated heterocycles. The second-order valence-corrected chi connectivity index (χ2v) is 6.25. The van der Waals surface area contributed by atoms with Gasteiger partial charge in [0.2, 0.25) is 5.91 Å². The number of ether oxygens (including phenoxy) is 1. The Balaban J connectivity index is 1.61. The molecule has 2 aliphatic heterocycles. The number of carboxylic acid groups (broad SMARTS) is 1. The molecule has 0 spiro atoms. The van der Waals surface area contributed by atoms with Gasteiger partial charge in [0, 0.05) is 13.1 Å². The predicted molar refractivity (Wildman–Crippen MR) is 80.1 cm³/mol. The molecule has 0 aromatic heterocycles. The maximum Gasteiger partial charge on any atom is 0.306 e. The van der Waals surface area contributed by atoms with E-state index < -0.39 is 5.97 Å². The zero-order chi connectivity index (χ0) is 15.7. The molecule has 1 aromatic carbocycles. The number of likely N-dealkylation sites (tertiary alicyclic amines) is 1. The van der Waals surface area contributed by atoms with E-state index in [9.17, 15) is 9.59 Å². The molecule has 2 heterocycles. The lowest BCUT2D eigenvalue weighted by molar-refractivity contribution is -0.149. The topological polar surface area (TPSA) is 66.8 Å². The van der Waals surface area contributed by atoms with Gasteiger partial charge in [0.05, 0.1) is 25.0 Å². The predicted octanol–water partition coefficient (Wildman–Crippen LogP) is 2.22. The van der Waals surface area contributed by atoms with Crippen LogP contribution in [-0.4, -0.2) is 35.0 Å². The van der Waals surface area contributed by atoms with E-state index >= 15 is 0 Å². The van der Waals surface area contributed by atoms with E-state index in [4.69, 9.17) is 9.84 Å².